The molecule has 0 aliphatic carbocycles. The summed E-state index contributed by atoms with van der Waals surface area (Å²) in [5.41, 5.74) is 1.41. The summed E-state index contributed by atoms with van der Waals surface area (Å²) in [6.07, 6.45) is 0. The van der Waals surface area contributed by atoms with Crippen molar-refractivity contribution in [2.24, 2.45) is 0 Å². The van der Waals surface area contributed by atoms with Crippen LogP contribution in [0.15, 0.2) is 59.5 Å². The molecular formula is C15H16O2S. The van der Waals surface area contributed by atoms with Crippen molar-refractivity contribution in [3.05, 3.63) is 65.7 Å². The Balaban J connectivity index is 0.000000492. The molecule has 0 fully saturated rings. The first-order chi connectivity index (χ1) is 8.69. The normalized spacial score (nSPS) is 9.28. The molecule has 0 radical (unpaired) electrons. The van der Waals surface area contributed by atoms with Crippen molar-refractivity contribution >= 4 is 18.4 Å². The van der Waals surface area contributed by atoms with Crippen molar-refractivity contribution < 1.29 is 9.90 Å². The van der Waals surface area contributed by atoms with Crippen molar-refractivity contribution in [2.75, 3.05) is 6.61 Å². The highest BCUT2D eigenvalue weighted by Crippen LogP contribution is 2.12. The maximum absolute atomic E-state index is 11.9. The molecule has 2 nitrogen and oxygen atoms in total. The minimum atomic E-state index is 0.0453. The third-order valence-electron chi connectivity index (χ3n) is 2.17. The largest absolute Gasteiger partial charge is 0.397 e. The van der Waals surface area contributed by atoms with Gasteiger partial charge in [-0.1, -0.05) is 30.3 Å². The number of hydrogen-bond donors (Lipinski definition) is 2. The van der Waals surface area contributed by atoms with Gasteiger partial charge in [0.05, 0.1) is 0 Å². The summed E-state index contributed by atoms with van der Waals surface area (Å²) >= 11 is 4.18. The first kappa shape index (κ1) is 14.5. The molecule has 3 heteroatoms. The molecule has 1 N–H and O–H groups in total. The van der Waals surface area contributed by atoms with Gasteiger partial charge in [-0.3, -0.25) is 4.79 Å². The van der Waals surface area contributed by atoms with E-state index < -0.39 is 0 Å². The quantitative estimate of drug-likeness (QED) is 0.642. The van der Waals surface area contributed by atoms with E-state index in [0.29, 0.717) is 11.1 Å². The Bertz CT molecular complexity index is 478. The lowest BCUT2D eigenvalue weighted by Crippen LogP contribution is -2.00. The molecule has 2 aromatic carbocycles. The molecule has 0 atom stereocenters. The number of benzene rings is 2. The van der Waals surface area contributed by atoms with Crippen LogP contribution in [0.3, 0.4) is 0 Å². The van der Waals surface area contributed by atoms with E-state index in [1.54, 1.807) is 19.1 Å². The lowest BCUT2D eigenvalue weighted by atomic mass is 10.0. The van der Waals surface area contributed by atoms with Gasteiger partial charge >= 0.3 is 0 Å². The molecule has 0 aliphatic rings. The third-order valence-corrected chi connectivity index (χ3v) is 2.46. The summed E-state index contributed by atoms with van der Waals surface area (Å²) in [5.74, 6) is 0.0453. The fourth-order valence-electron chi connectivity index (χ4n) is 1.37. The fraction of sp³-hybridized carbons (Fsp3) is 0.133. The average Bonchev–Trinajstić information content (AvgIpc) is 2.41. The van der Waals surface area contributed by atoms with E-state index in [0.717, 1.165) is 4.90 Å². The standard InChI is InChI=1S/C13H10OS.C2H6O/c14-13(10-4-2-1-3-5-10)11-6-8-12(15)9-7-11;1-2-3/h1-9,15H;3H,2H2,1H3. The highest BCUT2D eigenvalue weighted by Gasteiger charge is 2.06. The van der Waals surface area contributed by atoms with E-state index in [9.17, 15) is 4.79 Å². The molecule has 2 rings (SSSR count). The maximum Gasteiger partial charge on any atom is 0.193 e. The SMILES string of the molecule is CCO.O=C(c1ccccc1)c1ccc(S)cc1. The number of hydrogen-bond acceptors (Lipinski definition) is 3. The number of carbonyl (C=O) groups is 1. The Kier molecular flexibility index (Phi) is 6.19. The monoisotopic (exact) mass is 260 g/mol. The second-order valence-corrected chi connectivity index (χ2v) is 4.07. The molecule has 94 valence electrons. The Hall–Kier alpha value is -1.58. The molecule has 0 amide bonds. The van der Waals surface area contributed by atoms with E-state index >= 15 is 0 Å². The van der Waals surface area contributed by atoms with Gasteiger partial charge in [-0.2, -0.15) is 0 Å². The molecule has 0 saturated heterocycles. The van der Waals surface area contributed by atoms with Crippen LogP contribution in [0, 0.1) is 0 Å². The summed E-state index contributed by atoms with van der Waals surface area (Å²) in [6.45, 7) is 1.93. The number of aliphatic hydroxyl groups excluding tert-OH is 1. The molecule has 18 heavy (non-hydrogen) atoms. The van der Waals surface area contributed by atoms with Crippen LogP contribution >= 0.6 is 12.6 Å². The van der Waals surface area contributed by atoms with Crippen LogP contribution in [0.5, 0.6) is 0 Å². The molecule has 0 bridgehead atoms. The predicted molar refractivity (Wildman–Crippen MR) is 76.3 cm³/mol. The van der Waals surface area contributed by atoms with Crippen LogP contribution in [0.1, 0.15) is 22.8 Å². The summed E-state index contributed by atoms with van der Waals surface area (Å²) in [6, 6.07) is 16.5. The first-order valence-electron chi connectivity index (χ1n) is 5.68. The van der Waals surface area contributed by atoms with Crippen molar-refractivity contribution in [3.8, 4) is 0 Å². The Morgan fingerprint density at radius 2 is 1.44 bits per heavy atom. The number of rotatable bonds is 2. The topological polar surface area (TPSA) is 37.3 Å². The molecule has 2 aromatic rings. The summed E-state index contributed by atoms with van der Waals surface area (Å²) < 4.78 is 0. The van der Waals surface area contributed by atoms with Crippen LogP contribution in [0.25, 0.3) is 0 Å². The number of thiol groups is 1. The first-order valence-corrected chi connectivity index (χ1v) is 6.13. The number of carbonyl (C=O) groups excluding carboxylic acids is 1. The van der Waals surface area contributed by atoms with Gasteiger partial charge in [-0.15, -0.1) is 12.6 Å². The fourth-order valence-corrected chi connectivity index (χ4v) is 1.52. The van der Waals surface area contributed by atoms with E-state index in [2.05, 4.69) is 12.6 Å². The van der Waals surface area contributed by atoms with Crippen molar-refractivity contribution in [1.29, 1.82) is 0 Å². The van der Waals surface area contributed by atoms with E-state index in [4.69, 9.17) is 5.11 Å². The molecule has 0 aliphatic heterocycles. The van der Waals surface area contributed by atoms with Gasteiger partial charge in [0.25, 0.3) is 0 Å². The lowest BCUT2D eigenvalue weighted by molar-refractivity contribution is 0.103. The van der Waals surface area contributed by atoms with E-state index in [1.807, 2.05) is 42.5 Å². The predicted octanol–water partition coefficient (Wildman–Crippen LogP) is 3.20. The maximum atomic E-state index is 11.9. The Morgan fingerprint density at radius 3 is 1.94 bits per heavy atom. The van der Waals surface area contributed by atoms with Crippen LogP contribution in [0.2, 0.25) is 0 Å². The second-order valence-electron chi connectivity index (χ2n) is 3.56. The van der Waals surface area contributed by atoms with Crippen LogP contribution < -0.4 is 0 Å². The molecule has 0 spiro atoms. The molecular weight excluding hydrogens is 244 g/mol. The molecule has 0 aromatic heterocycles. The van der Waals surface area contributed by atoms with Gasteiger partial charge in [0.2, 0.25) is 0 Å². The summed E-state index contributed by atoms with van der Waals surface area (Å²) in [7, 11) is 0. The third kappa shape index (κ3) is 4.35. The average molecular weight is 260 g/mol. The van der Waals surface area contributed by atoms with Gasteiger partial charge in [0.15, 0.2) is 5.78 Å². The van der Waals surface area contributed by atoms with Gasteiger partial charge in [0, 0.05) is 22.6 Å². The smallest absolute Gasteiger partial charge is 0.193 e. The zero-order valence-electron chi connectivity index (χ0n) is 10.2. The summed E-state index contributed by atoms with van der Waals surface area (Å²) in [4.78, 5) is 12.8. The second kappa shape index (κ2) is 7.69. The zero-order chi connectivity index (χ0) is 13.4. The minimum Gasteiger partial charge on any atom is -0.397 e. The summed E-state index contributed by atoms with van der Waals surface area (Å²) in [5, 5.41) is 7.57. The highest BCUT2D eigenvalue weighted by molar-refractivity contribution is 7.80. The van der Waals surface area contributed by atoms with Gasteiger partial charge in [0.1, 0.15) is 0 Å². The van der Waals surface area contributed by atoms with Gasteiger partial charge in [-0.25, -0.2) is 0 Å². The highest BCUT2D eigenvalue weighted by atomic mass is 32.1. The Labute approximate surface area is 113 Å². The zero-order valence-corrected chi connectivity index (χ0v) is 11.1. The van der Waals surface area contributed by atoms with E-state index in [1.165, 1.54) is 0 Å². The van der Waals surface area contributed by atoms with E-state index in [-0.39, 0.29) is 12.4 Å². The van der Waals surface area contributed by atoms with Crippen LogP contribution in [-0.2, 0) is 0 Å². The molecule has 0 saturated carbocycles. The van der Waals surface area contributed by atoms with Crippen molar-refractivity contribution in [1.82, 2.24) is 0 Å². The lowest BCUT2D eigenvalue weighted by Gasteiger charge is -2.00. The van der Waals surface area contributed by atoms with Crippen molar-refractivity contribution in [3.63, 3.8) is 0 Å². The van der Waals surface area contributed by atoms with Crippen molar-refractivity contribution in [2.45, 2.75) is 11.8 Å². The molecule has 0 unspecified atom stereocenters. The van der Waals surface area contributed by atoms with Crippen LogP contribution in [0.4, 0.5) is 0 Å². The Morgan fingerprint density at radius 1 is 1.00 bits per heavy atom. The number of ketones is 1. The van der Waals surface area contributed by atoms with Crippen LogP contribution in [-0.4, -0.2) is 17.5 Å². The number of aliphatic hydroxyl groups is 1. The molecule has 0 heterocycles. The van der Waals surface area contributed by atoms with Gasteiger partial charge in [-0.05, 0) is 31.2 Å². The minimum absolute atomic E-state index is 0.0453. The van der Waals surface area contributed by atoms with Gasteiger partial charge < -0.3 is 5.11 Å².